The molecule has 1 aromatic heterocycles. The Kier molecular flexibility index (Phi) is 6.47. The van der Waals surface area contributed by atoms with E-state index in [4.69, 9.17) is 0 Å². The molecule has 0 aliphatic carbocycles. The fourth-order valence-electron chi connectivity index (χ4n) is 3.30. The number of amides is 2. The van der Waals surface area contributed by atoms with Crippen LogP contribution >= 0.6 is 0 Å². The largest absolute Gasteiger partial charge is 0.343 e. The summed E-state index contributed by atoms with van der Waals surface area (Å²) in [5, 5.41) is 4.46. The molecule has 0 saturated carbocycles. The van der Waals surface area contributed by atoms with E-state index in [2.05, 4.69) is 20.5 Å². The van der Waals surface area contributed by atoms with Crippen LogP contribution in [0.25, 0.3) is 0 Å². The van der Waals surface area contributed by atoms with Crippen molar-refractivity contribution in [2.24, 2.45) is 11.0 Å². The zero-order chi connectivity index (χ0) is 19.9. The van der Waals surface area contributed by atoms with Crippen LogP contribution in [-0.2, 0) is 11.2 Å². The number of nitrogens with zero attached hydrogens (tertiary/aromatic N) is 4. The number of nitrogens with one attached hydrogen (secondary N) is 1. The van der Waals surface area contributed by atoms with Gasteiger partial charge in [0.25, 0.3) is 5.91 Å². The molecule has 1 fully saturated rings. The Morgan fingerprint density at radius 2 is 1.89 bits per heavy atom. The highest BCUT2D eigenvalue weighted by molar-refractivity contribution is 5.96. The van der Waals surface area contributed by atoms with Gasteiger partial charge < -0.3 is 4.90 Å². The molecule has 3 rings (SSSR count). The lowest BCUT2D eigenvalue weighted by molar-refractivity contribution is -0.129. The molecular weight excluding hydrogens is 354 g/mol. The van der Waals surface area contributed by atoms with Crippen LogP contribution in [0, 0.1) is 12.8 Å². The molecule has 1 saturated heterocycles. The number of hydrazone groups is 1. The first kappa shape index (κ1) is 19.7. The van der Waals surface area contributed by atoms with Crippen molar-refractivity contribution in [3.63, 3.8) is 0 Å². The standard InChI is InChI=1S/C21H25N5O2/c1-15-3-5-18(6-4-15)21(28)25-24-20(13-19-7-10-22-14-23-19)17-8-11-26(12-9-17)16(2)27/h3-7,10,14,17H,8-9,11-13H2,1-2H3,(H,25,28)/b24-20+. The van der Waals surface area contributed by atoms with Crippen LogP contribution in [-0.4, -0.2) is 45.5 Å². The average molecular weight is 379 g/mol. The van der Waals surface area contributed by atoms with Crippen LogP contribution in [0.4, 0.5) is 0 Å². The molecule has 1 N–H and O–H groups in total. The number of piperidine rings is 1. The fraction of sp³-hybridized carbons (Fsp3) is 0.381. The molecule has 2 aromatic rings. The van der Waals surface area contributed by atoms with Gasteiger partial charge in [-0.1, -0.05) is 17.7 Å². The number of hydrogen-bond acceptors (Lipinski definition) is 5. The van der Waals surface area contributed by atoms with Gasteiger partial charge in [-0.25, -0.2) is 15.4 Å². The topological polar surface area (TPSA) is 87.6 Å². The molecule has 146 valence electrons. The summed E-state index contributed by atoms with van der Waals surface area (Å²) in [6.45, 7) is 4.98. The number of carbonyl (C=O) groups is 2. The second kappa shape index (κ2) is 9.21. The molecule has 0 unspecified atom stereocenters. The van der Waals surface area contributed by atoms with Gasteiger partial charge in [-0.05, 0) is 38.0 Å². The van der Waals surface area contributed by atoms with Gasteiger partial charge in [-0.3, -0.25) is 9.59 Å². The second-order valence-corrected chi connectivity index (χ2v) is 7.07. The molecule has 7 nitrogen and oxygen atoms in total. The van der Waals surface area contributed by atoms with Gasteiger partial charge in [-0.2, -0.15) is 5.10 Å². The zero-order valence-electron chi connectivity index (χ0n) is 16.3. The Balaban J connectivity index is 1.73. The molecule has 2 heterocycles. The summed E-state index contributed by atoms with van der Waals surface area (Å²) in [6.07, 6.45) is 5.40. The van der Waals surface area contributed by atoms with E-state index in [1.54, 1.807) is 25.3 Å². The lowest BCUT2D eigenvalue weighted by Crippen LogP contribution is -2.40. The normalized spacial score (nSPS) is 15.4. The summed E-state index contributed by atoms with van der Waals surface area (Å²) in [5.74, 6) is 0.0608. The van der Waals surface area contributed by atoms with E-state index < -0.39 is 0 Å². The molecule has 1 aromatic carbocycles. The molecule has 0 bridgehead atoms. The van der Waals surface area contributed by atoms with Crippen LogP contribution < -0.4 is 5.43 Å². The quantitative estimate of drug-likeness (QED) is 0.638. The zero-order valence-corrected chi connectivity index (χ0v) is 16.3. The predicted molar refractivity (Wildman–Crippen MR) is 107 cm³/mol. The van der Waals surface area contributed by atoms with E-state index in [1.165, 1.54) is 6.33 Å². The highest BCUT2D eigenvalue weighted by atomic mass is 16.2. The van der Waals surface area contributed by atoms with Gasteiger partial charge in [-0.15, -0.1) is 0 Å². The lowest BCUT2D eigenvalue weighted by Gasteiger charge is -2.31. The minimum absolute atomic E-state index is 0.0976. The summed E-state index contributed by atoms with van der Waals surface area (Å²) < 4.78 is 0. The third-order valence-corrected chi connectivity index (χ3v) is 5.03. The smallest absolute Gasteiger partial charge is 0.271 e. The minimum atomic E-state index is -0.235. The number of aromatic nitrogens is 2. The first-order chi connectivity index (χ1) is 13.5. The van der Waals surface area contributed by atoms with Crippen LogP contribution in [0.5, 0.6) is 0 Å². The highest BCUT2D eigenvalue weighted by Crippen LogP contribution is 2.20. The van der Waals surface area contributed by atoms with Gasteiger partial charge in [0.1, 0.15) is 6.33 Å². The predicted octanol–water partition coefficient (Wildman–Crippen LogP) is 2.37. The van der Waals surface area contributed by atoms with Gasteiger partial charge >= 0.3 is 0 Å². The third kappa shape index (κ3) is 5.22. The molecule has 0 spiro atoms. The number of hydrogen-bond donors (Lipinski definition) is 1. The summed E-state index contributed by atoms with van der Waals surface area (Å²) in [6, 6.07) is 9.23. The van der Waals surface area contributed by atoms with Crippen LogP contribution in [0.2, 0.25) is 0 Å². The van der Waals surface area contributed by atoms with Crippen molar-refractivity contribution in [2.75, 3.05) is 13.1 Å². The Hall–Kier alpha value is -3.09. The third-order valence-electron chi connectivity index (χ3n) is 5.03. The van der Waals surface area contributed by atoms with Crippen molar-refractivity contribution in [1.29, 1.82) is 0 Å². The van der Waals surface area contributed by atoms with E-state index in [9.17, 15) is 9.59 Å². The maximum atomic E-state index is 12.4. The van der Waals surface area contributed by atoms with Gasteiger partial charge in [0.05, 0.1) is 0 Å². The molecule has 1 aliphatic rings. The van der Waals surface area contributed by atoms with Crippen LogP contribution in [0.15, 0.2) is 48.0 Å². The second-order valence-electron chi connectivity index (χ2n) is 7.07. The van der Waals surface area contributed by atoms with Crippen molar-refractivity contribution in [2.45, 2.75) is 33.1 Å². The summed E-state index contributed by atoms with van der Waals surface area (Å²) in [5.41, 5.74) is 6.10. The number of benzene rings is 1. The summed E-state index contributed by atoms with van der Waals surface area (Å²) in [7, 11) is 0. The van der Waals surface area contributed by atoms with Crippen molar-refractivity contribution in [3.05, 3.63) is 59.7 Å². The maximum Gasteiger partial charge on any atom is 0.271 e. The Bertz CT molecular complexity index is 841. The molecule has 0 radical (unpaired) electrons. The minimum Gasteiger partial charge on any atom is -0.343 e. The van der Waals surface area contributed by atoms with E-state index >= 15 is 0 Å². The SMILES string of the molecule is CC(=O)N1CCC(/C(Cc2ccncn2)=N/NC(=O)c2ccc(C)cc2)CC1. The summed E-state index contributed by atoms with van der Waals surface area (Å²) in [4.78, 5) is 34.1. The highest BCUT2D eigenvalue weighted by Gasteiger charge is 2.25. The number of likely N-dealkylation sites (tertiary alicyclic amines) is 1. The molecule has 0 atom stereocenters. The van der Waals surface area contributed by atoms with Crippen LogP contribution in [0.1, 0.15) is 41.4 Å². The van der Waals surface area contributed by atoms with Crippen LogP contribution in [0.3, 0.4) is 0 Å². The lowest BCUT2D eigenvalue weighted by atomic mass is 9.89. The van der Waals surface area contributed by atoms with Gasteiger partial charge in [0, 0.05) is 55.5 Å². The molecule has 7 heteroatoms. The first-order valence-corrected chi connectivity index (χ1v) is 9.47. The van der Waals surface area contributed by atoms with E-state index in [1.807, 2.05) is 30.0 Å². The fourth-order valence-corrected chi connectivity index (χ4v) is 3.30. The van der Waals surface area contributed by atoms with Gasteiger partial charge in [0.2, 0.25) is 5.91 Å². The van der Waals surface area contributed by atoms with Crippen molar-refractivity contribution >= 4 is 17.5 Å². The van der Waals surface area contributed by atoms with Crippen molar-refractivity contribution in [1.82, 2.24) is 20.3 Å². The average Bonchev–Trinajstić information content (AvgIpc) is 2.72. The van der Waals surface area contributed by atoms with E-state index in [-0.39, 0.29) is 17.7 Å². The molecule has 2 amide bonds. The van der Waals surface area contributed by atoms with Gasteiger partial charge in [0.15, 0.2) is 0 Å². The number of carbonyl (C=O) groups excluding carboxylic acids is 2. The molecule has 28 heavy (non-hydrogen) atoms. The Morgan fingerprint density at radius 3 is 2.50 bits per heavy atom. The Labute approximate surface area is 164 Å². The van der Waals surface area contributed by atoms with Crippen molar-refractivity contribution in [3.8, 4) is 0 Å². The molecular formula is C21H25N5O2. The monoisotopic (exact) mass is 379 g/mol. The molecule has 1 aliphatic heterocycles. The van der Waals surface area contributed by atoms with Crippen molar-refractivity contribution < 1.29 is 9.59 Å². The van der Waals surface area contributed by atoms with E-state index in [0.29, 0.717) is 25.1 Å². The number of aryl methyl sites for hydroxylation is 1. The van der Waals surface area contributed by atoms with E-state index in [0.717, 1.165) is 29.8 Å². The number of rotatable bonds is 5. The first-order valence-electron chi connectivity index (χ1n) is 9.47. The maximum absolute atomic E-state index is 12.4. The Morgan fingerprint density at radius 1 is 1.18 bits per heavy atom. The summed E-state index contributed by atoms with van der Waals surface area (Å²) >= 11 is 0.